The molecule has 0 amide bonds. The van der Waals surface area contributed by atoms with E-state index in [2.05, 4.69) is 17.2 Å². The van der Waals surface area contributed by atoms with E-state index in [1.54, 1.807) is 24.8 Å². The van der Waals surface area contributed by atoms with Crippen molar-refractivity contribution in [1.82, 2.24) is 0 Å². The number of hydrogen-bond donors (Lipinski definition) is 1. The van der Waals surface area contributed by atoms with Gasteiger partial charge in [-0.1, -0.05) is 31.2 Å². The summed E-state index contributed by atoms with van der Waals surface area (Å²) in [4.78, 5) is 4.43. The lowest BCUT2D eigenvalue weighted by Gasteiger charge is -2.08. The third-order valence-corrected chi connectivity index (χ3v) is 3.92. The van der Waals surface area contributed by atoms with Crippen molar-refractivity contribution in [2.75, 3.05) is 11.9 Å². The topological polar surface area (TPSA) is 24.4 Å². The molecule has 1 aliphatic rings. The Morgan fingerprint density at radius 1 is 1.53 bits per heavy atom. The zero-order valence-electron chi connectivity index (χ0n) is 10.2. The summed E-state index contributed by atoms with van der Waals surface area (Å²) in [6.07, 6.45) is 2.36. The summed E-state index contributed by atoms with van der Waals surface area (Å²) < 4.78 is 13.4. The molecule has 0 fully saturated rings. The minimum Gasteiger partial charge on any atom is -0.335 e. The van der Waals surface area contributed by atoms with Gasteiger partial charge in [-0.25, -0.2) is 4.39 Å². The Labute approximate surface area is 106 Å². The van der Waals surface area contributed by atoms with Gasteiger partial charge in [0, 0.05) is 10.9 Å². The maximum Gasteiger partial charge on any atom is 0.161 e. The van der Waals surface area contributed by atoms with Crippen LogP contribution in [0.15, 0.2) is 23.2 Å². The Kier molecular flexibility index (Phi) is 4.05. The zero-order chi connectivity index (χ0) is 12.3. The predicted octanol–water partition coefficient (Wildman–Crippen LogP) is 3.82. The Morgan fingerprint density at radius 3 is 3.06 bits per heavy atom. The third-order valence-electron chi connectivity index (χ3n) is 2.75. The fourth-order valence-electron chi connectivity index (χ4n) is 1.75. The fourth-order valence-corrected chi connectivity index (χ4v) is 2.90. The average Bonchev–Trinajstić information content (AvgIpc) is 2.72. The van der Waals surface area contributed by atoms with E-state index in [0.29, 0.717) is 10.8 Å². The molecule has 92 valence electrons. The summed E-state index contributed by atoms with van der Waals surface area (Å²) in [5.74, 6) is -0.177. The molecule has 2 rings (SSSR count). The molecule has 1 atom stereocenters. The highest BCUT2D eigenvalue weighted by Crippen LogP contribution is 2.26. The van der Waals surface area contributed by atoms with E-state index in [0.717, 1.165) is 17.4 Å². The predicted molar refractivity (Wildman–Crippen MR) is 73.3 cm³/mol. The molecule has 0 radical (unpaired) electrons. The number of benzene rings is 1. The van der Waals surface area contributed by atoms with E-state index < -0.39 is 0 Å². The third kappa shape index (κ3) is 3.22. The van der Waals surface area contributed by atoms with Gasteiger partial charge in [-0.2, -0.15) is 0 Å². The molecule has 17 heavy (non-hydrogen) atoms. The van der Waals surface area contributed by atoms with Crippen LogP contribution in [0.4, 0.5) is 10.1 Å². The van der Waals surface area contributed by atoms with Crippen LogP contribution in [-0.2, 0) is 0 Å². The van der Waals surface area contributed by atoms with Gasteiger partial charge in [-0.15, -0.1) is 0 Å². The van der Waals surface area contributed by atoms with E-state index >= 15 is 0 Å². The first-order valence-electron chi connectivity index (χ1n) is 5.93. The van der Waals surface area contributed by atoms with Crippen molar-refractivity contribution < 1.29 is 4.39 Å². The highest BCUT2D eigenvalue weighted by Gasteiger charge is 2.18. The van der Waals surface area contributed by atoms with Crippen molar-refractivity contribution in [3.05, 3.63) is 29.6 Å². The smallest absolute Gasteiger partial charge is 0.161 e. The van der Waals surface area contributed by atoms with E-state index in [1.165, 1.54) is 18.9 Å². The number of hydrogen-bond acceptors (Lipinski definition) is 3. The van der Waals surface area contributed by atoms with Gasteiger partial charge in [0.25, 0.3) is 0 Å². The SMILES string of the molecule is CCCC1CN=C(Nc2ccc(C)c(F)c2)S1. The monoisotopic (exact) mass is 252 g/mol. The minimum atomic E-state index is -0.177. The maximum absolute atomic E-state index is 13.4. The highest BCUT2D eigenvalue weighted by molar-refractivity contribution is 8.15. The number of nitrogens with one attached hydrogen (secondary N) is 1. The van der Waals surface area contributed by atoms with E-state index in [4.69, 9.17) is 0 Å². The Bertz CT molecular complexity index is 431. The summed E-state index contributed by atoms with van der Waals surface area (Å²) in [7, 11) is 0. The first-order valence-corrected chi connectivity index (χ1v) is 6.81. The molecule has 0 saturated carbocycles. The summed E-state index contributed by atoms with van der Waals surface area (Å²) in [5.41, 5.74) is 1.44. The van der Waals surface area contributed by atoms with Gasteiger partial charge in [0.05, 0.1) is 6.54 Å². The molecule has 0 saturated heterocycles. The van der Waals surface area contributed by atoms with Gasteiger partial charge in [-0.3, -0.25) is 4.99 Å². The van der Waals surface area contributed by atoms with Gasteiger partial charge in [0.1, 0.15) is 5.82 Å². The number of thioether (sulfide) groups is 1. The molecular formula is C13H17FN2S. The van der Waals surface area contributed by atoms with Gasteiger partial charge in [0.15, 0.2) is 5.17 Å². The molecule has 0 bridgehead atoms. The van der Waals surface area contributed by atoms with Crippen LogP contribution < -0.4 is 5.32 Å². The number of nitrogens with zero attached hydrogens (tertiary/aromatic N) is 1. The Balaban J connectivity index is 1.96. The van der Waals surface area contributed by atoms with Crippen molar-refractivity contribution in [3.63, 3.8) is 0 Å². The normalized spacial score (nSPS) is 19.2. The molecule has 1 unspecified atom stereocenters. The number of anilines is 1. The lowest BCUT2D eigenvalue weighted by atomic mass is 10.2. The number of aliphatic imine (C=N–C) groups is 1. The van der Waals surface area contributed by atoms with Crippen LogP contribution in [0.3, 0.4) is 0 Å². The average molecular weight is 252 g/mol. The molecule has 0 spiro atoms. The molecule has 1 aromatic rings. The van der Waals surface area contributed by atoms with Crippen LogP contribution in [-0.4, -0.2) is 17.0 Å². The van der Waals surface area contributed by atoms with Crippen molar-refractivity contribution in [2.45, 2.75) is 31.9 Å². The standard InChI is InChI=1S/C13H17FN2S/c1-3-4-11-8-15-13(17-11)16-10-6-5-9(2)12(14)7-10/h5-7,11H,3-4,8H2,1-2H3,(H,15,16). The summed E-state index contributed by atoms with van der Waals surface area (Å²) in [6, 6.07) is 5.18. The van der Waals surface area contributed by atoms with Crippen LogP contribution in [0, 0.1) is 12.7 Å². The lowest BCUT2D eigenvalue weighted by molar-refractivity contribution is 0.619. The second-order valence-electron chi connectivity index (χ2n) is 4.26. The van der Waals surface area contributed by atoms with Gasteiger partial charge >= 0.3 is 0 Å². The number of halogens is 1. The van der Waals surface area contributed by atoms with Gasteiger partial charge in [-0.05, 0) is 31.0 Å². The molecule has 1 N–H and O–H groups in total. The van der Waals surface area contributed by atoms with Crippen molar-refractivity contribution in [1.29, 1.82) is 0 Å². The van der Waals surface area contributed by atoms with Crippen LogP contribution in [0.1, 0.15) is 25.3 Å². The fraction of sp³-hybridized carbons (Fsp3) is 0.462. The van der Waals surface area contributed by atoms with Crippen LogP contribution in [0.5, 0.6) is 0 Å². The number of aryl methyl sites for hydroxylation is 1. The van der Waals surface area contributed by atoms with Crippen LogP contribution >= 0.6 is 11.8 Å². The Morgan fingerprint density at radius 2 is 2.35 bits per heavy atom. The zero-order valence-corrected chi connectivity index (χ0v) is 11.0. The summed E-state index contributed by atoms with van der Waals surface area (Å²) in [5, 5.41) is 4.66. The van der Waals surface area contributed by atoms with Crippen molar-refractivity contribution in [2.24, 2.45) is 4.99 Å². The number of rotatable bonds is 3. The lowest BCUT2D eigenvalue weighted by Crippen LogP contribution is -2.07. The summed E-state index contributed by atoms with van der Waals surface area (Å²) >= 11 is 1.76. The van der Waals surface area contributed by atoms with E-state index in [9.17, 15) is 4.39 Å². The minimum absolute atomic E-state index is 0.177. The molecule has 1 aromatic carbocycles. The van der Waals surface area contributed by atoms with Crippen molar-refractivity contribution in [3.8, 4) is 0 Å². The first kappa shape index (κ1) is 12.4. The first-order chi connectivity index (χ1) is 8.19. The molecule has 2 nitrogen and oxygen atoms in total. The molecular weight excluding hydrogens is 235 g/mol. The van der Waals surface area contributed by atoms with Gasteiger partial charge < -0.3 is 5.32 Å². The Hall–Kier alpha value is -1.03. The second-order valence-corrected chi connectivity index (χ2v) is 5.55. The summed E-state index contributed by atoms with van der Waals surface area (Å²) in [6.45, 7) is 4.81. The van der Waals surface area contributed by atoms with Gasteiger partial charge in [0.2, 0.25) is 0 Å². The largest absolute Gasteiger partial charge is 0.335 e. The van der Waals surface area contributed by atoms with Crippen molar-refractivity contribution >= 4 is 22.6 Å². The number of amidine groups is 1. The second kappa shape index (κ2) is 5.54. The molecule has 0 aliphatic carbocycles. The molecule has 1 aliphatic heterocycles. The van der Waals surface area contributed by atoms with Crippen LogP contribution in [0.25, 0.3) is 0 Å². The molecule has 0 aromatic heterocycles. The molecule has 4 heteroatoms. The quantitative estimate of drug-likeness (QED) is 0.884. The van der Waals surface area contributed by atoms with Crippen LogP contribution in [0.2, 0.25) is 0 Å². The highest BCUT2D eigenvalue weighted by atomic mass is 32.2. The maximum atomic E-state index is 13.4. The molecule has 1 heterocycles. The van der Waals surface area contributed by atoms with E-state index in [1.807, 2.05) is 6.07 Å². The van der Waals surface area contributed by atoms with E-state index in [-0.39, 0.29) is 5.82 Å².